The molecule has 0 spiro atoms. The fourth-order valence-corrected chi connectivity index (χ4v) is 1.93. The van der Waals surface area contributed by atoms with E-state index in [1.807, 2.05) is 12.1 Å². The Labute approximate surface area is 91.9 Å². The number of rotatable bonds is 4. The SMILES string of the molecule is Brc1ccc(CNCC2CCOC2)o1. The molecule has 0 bridgehead atoms. The third-order valence-electron chi connectivity index (χ3n) is 2.39. The summed E-state index contributed by atoms with van der Waals surface area (Å²) in [6.45, 7) is 3.62. The van der Waals surface area contributed by atoms with Gasteiger partial charge in [0.05, 0.1) is 13.2 Å². The van der Waals surface area contributed by atoms with Crippen molar-refractivity contribution < 1.29 is 9.15 Å². The predicted octanol–water partition coefficient (Wildman–Crippen LogP) is 2.17. The first kappa shape index (κ1) is 10.2. The largest absolute Gasteiger partial charge is 0.453 e. The van der Waals surface area contributed by atoms with Crippen LogP contribution in [0.2, 0.25) is 0 Å². The average Bonchev–Trinajstić information content (AvgIpc) is 2.77. The topological polar surface area (TPSA) is 34.4 Å². The maximum absolute atomic E-state index is 5.37. The normalized spacial score (nSPS) is 21.6. The number of ether oxygens (including phenoxy) is 1. The molecule has 0 saturated carbocycles. The van der Waals surface area contributed by atoms with Crippen LogP contribution in [-0.2, 0) is 11.3 Å². The first-order chi connectivity index (χ1) is 6.84. The summed E-state index contributed by atoms with van der Waals surface area (Å²) < 4.78 is 11.5. The fourth-order valence-electron chi connectivity index (χ4n) is 1.59. The lowest BCUT2D eigenvalue weighted by Crippen LogP contribution is -2.22. The zero-order valence-corrected chi connectivity index (χ0v) is 9.55. The molecule has 0 amide bonds. The van der Waals surface area contributed by atoms with Crippen LogP contribution in [0.3, 0.4) is 0 Å². The summed E-state index contributed by atoms with van der Waals surface area (Å²) in [4.78, 5) is 0. The first-order valence-electron chi connectivity index (χ1n) is 4.87. The van der Waals surface area contributed by atoms with Gasteiger partial charge in [-0.05, 0) is 40.4 Å². The van der Waals surface area contributed by atoms with Gasteiger partial charge in [-0.25, -0.2) is 0 Å². The van der Waals surface area contributed by atoms with Crippen LogP contribution in [0.4, 0.5) is 0 Å². The van der Waals surface area contributed by atoms with Gasteiger partial charge in [0.2, 0.25) is 0 Å². The number of halogens is 1. The van der Waals surface area contributed by atoms with E-state index in [4.69, 9.17) is 9.15 Å². The highest BCUT2D eigenvalue weighted by Gasteiger charge is 2.14. The van der Waals surface area contributed by atoms with E-state index in [0.717, 1.165) is 36.7 Å². The zero-order valence-electron chi connectivity index (χ0n) is 7.96. The van der Waals surface area contributed by atoms with Gasteiger partial charge >= 0.3 is 0 Å². The Balaban J connectivity index is 1.67. The third-order valence-corrected chi connectivity index (χ3v) is 2.81. The number of hydrogen-bond donors (Lipinski definition) is 1. The Kier molecular flexibility index (Phi) is 3.61. The maximum Gasteiger partial charge on any atom is 0.169 e. The highest BCUT2D eigenvalue weighted by Crippen LogP contribution is 2.14. The molecule has 1 saturated heterocycles. The van der Waals surface area contributed by atoms with Crippen LogP contribution < -0.4 is 5.32 Å². The lowest BCUT2D eigenvalue weighted by molar-refractivity contribution is 0.185. The second-order valence-electron chi connectivity index (χ2n) is 3.57. The van der Waals surface area contributed by atoms with Gasteiger partial charge in [-0.3, -0.25) is 0 Å². The Morgan fingerprint density at radius 2 is 2.43 bits per heavy atom. The van der Waals surface area contributed by atoms with E-state index in [1.165, 1.54) is 6.42 Å². The quantitative estimate of drug-likeness (QED) is 0.900. The van der Waals surface area contributed by atoms with Crippen LogP contribution in [0.5, 0.6) is 0 Å². The molecular weight excluding hydrogens is 246 g/mol. The summed E-state index contributed by atoms with van der Waals surface area (Å²) in [5.41, 5.74) is 0. The lowest BCUT2D eigenvalue weighted by Gasteiger charge is -2.07. The molecule has 0 radical (unpaired) electrons. The summed E-state index contributed by atoms with van der Waals surface area (Å²) in [5, 5.41) is 3.36. The van der Waals surface area contributed by atoms with Gasteiger partial charge < -0.3 is 14.5 Å². The molecule has 1 aliphatic heterocycles. The molecule has 1 aliphatic rings. The van der Waals surface area contributed by atoms with Crippen molar-refractivity contribution in [3.63, 3.8) is 0 Å². The van der Waals surface area contributed by atoms with Crippen LogP contribution in [0, 0.1) is 5.92 Å². The molecule has 3 nitrogen and oxygen atoms in total. The van der Waals surface area contributed by atoms with E-state index in [1.54, 1.807) is 0 Å². The summed E-state index contributed by atoms with van der Waals surface area (Å²) in [7, 11) is 0. The van der Waals surface area contributed by atoms with E-state index >= 15 is 0 Å². The van der Waals surface area contributed by atoms with E-state index in [2.05, 4.69) is 21.2 Å². The second kappa shape index (κ2) is 4.96. The Morgan fingerprint density at radius 1 is 1.50 bits per heavy atom. The molecule has 1 aromatic heterocycles. The van der Waals surface area contributed by atoms with Crippen LogP contribution >= 0.6 is 15.9 Å². The highest BCUT2D eigenvalue weighted by molar-refractivity contribution is 9.10. The van der Waals surface area contributed by atoms with Crippen molar-refractivity contribution in [1.82, 2.24) is 5.32 Å². The Morgan fingerprint density at radius 3 is 3.07 bits per heavy atom. The standard InChI is InChI=1S/C10H14BrNO2/c11-10-2-1-9(14-10)6-12-5-8-3-4-13-7-8/h1-2,8,12H,3-7H2. The van der Waals surface area contributed by atoms with Crippen LogP contribution in [-0.4, -0.2) is 19.8 Å². The van der Waals surface area contributed by atoms with Crippen molar-refractivity contribution >= 4 is 15.9 Å². The summed E-state index contributed by atoms with van der Waals surface area (Å²) >= 11 is 3.28. The highest BCUT2D eigenvalue weighted by atomic mass is 79.9. The van der Waals surface area contributed by atoms with Crippen LogP contribution in [0.1, 0.15) is 12.2 Å². The fraction of sp³-hybridized carbons (Fsp3) is 0.600. The van der Waals surface area contributed by atoms with E-state index in [9.17, 15) is 0 Å². The first-order valence-corrected chi connectivity index (χ1v) is 5.66. The van der Waals surface area contributed by atoms with Gasteiger partial charge in [-0.1, -0.05) is 0 Å². The Hall–Kier alpha value is -0.320. The van der Waals surface area contributed by atoms with Gasteiger partial charge in [-0.2, -0.15) is 0 Å². The minimum absolute atomic E-state index is 0.674. The summed E-state index contributed by atoms with van der Waals surface area (Å²) in [6.07, 6.45) is 1.18. The number of furan rings is 1. The van der Waals surface area contributed by atoms with Crippen molar-refractivity contribution in [1.29, 1.82) is 0 Å². The van der Waals surface area contributed by atoms with Crippen LogP contribution in [0.15, 0.2) is 21.2 Å². The Bertz CT molecular complexity index is 281. The van der Waals surface area contributed by atoms with Gasteiger partial charge in [0.25, 0.3) is 0 Å². The van der Waals surface area contributed by atoms with Gasteiger partial charge in [-0.15, -0.1) is 0 Å². The average molecular weight is 260 g/mol. The van der Waals surface area contributed by atoms with Crippen molar-refractivity contribution in [2.75, 3.05) is 19.8 Å². The predicted molar refractivity (Wildman–Crippen MR) is 57.0 cm³/mol. The minimum atomic E-state index is 0.674. The van der Waals surface area contributed by atoms with E-state index in [-0.39, 0.29) is 0 Å². The molecule has 14 heavy (non-hydrogen) atoms. The number of nitrogens with one attached hydrogen (secondary N) is 1. The van der Waals surface area contributed by atoms with Gasteiger partial charge in [0.1, 0.15) is 5.76 Å². The molecule has 1 N–H and O–H groups in total. The number of hydrogen-bond acceptors (Lipinski definition) is 3. The monoisotopic (exact) mass is 259 g/mol. The smallest absolute Gasteiger partial charge is 0.169 e. The van der Waals surface area contributed by atoms with Gasteiger partial charge in [0.15, 0.2) is 4.67 Å². The molecule has 2 rings (SSSR count). The van der Waals surface area contributed by atoms with Crippen LogP contribution in [0.25, 0.3) is 0 Å². The second-order valence-corrected chi connectivity index (χ2v) is 4.35. The molecule has 1 atom stereocenters. The van der Waals surface area contributed by atoms with Crippen molar-refractivity contribution in [3.8, 4) is 0 Å². The zero-order chi connectivity index (χ0) is 9.80. The molecule has 0 aromatic carbocycles. The maximum atomic E-state index is 5.37. The molecule has 1 aromatic rings. The molecule has 2 heterocycles. The van der Waals surface area contributed by atoms with Crippen molar-refractivity contribution in [3.05, 3.63) is 22.6 Å². The van der Waals surface area contributed by atoms with Crippen molar-refractivity contribution in [2.24, 2.45) is 5.92 Å². The molecule has 1 fully saturated rings. The van der Waals surface area contributed by atoms with Gasteiger partial charge in [0, 0.05) is 13.2 Å². The van der Waals surface area contributed by atoms with E-state index < -0.39 is 0 Å². The summed E-state index contributed by atoms with van der Waals surface area (Å²) in [5.74, 6) is 1.64. The lowest BCUT2D eigenvalue weighted by atomic mass is 10.1. The molecule has 0 aliphatic carbocycles. The third kappa shape index (κ3) is 2.83. The molecule has 1 unspecified atom stereocenters. The molecular formula is C10H14BrNO2. The molecule has 78 valence electrons. The van der Waals surface area contributed by atoms with E-state index in [0.29, 0.717) is 5.92 Å². The van der Waals surface area contributed by atoms with Crippen molar-refractivity contribution in [2.45, 2.75) is 13.0 Å². The molecule has 4 heteroatoms. The minimum Gasteiger partial charge on any atom is -0.453 e. The summed E-state index contributed by atoms with van der Waals surface area (Å²) in [6, 6.07) is 3.89.